The molecule has 2 aromatic rings. The predicted molar refractivity (Wildman–Crippen MR) is 79.8 cm³/mol. The Kier molecular flexibility index (Phi) is 4.41. The monoisotopic (exact) mass is 319 g/mol. The summed E-state index contributed by atoms with van der Waals surface area (Å²) >= 11 is 24.5. The smallest absolute Gasteiger partial charge is 0.0672 e. The number of benzene rings is 2. The van der Waals surface area contributed by atoms with Crippen molar-refractivity contribution in [2.75, 3.05) is 0 Å². The SMILES string of the molecule is NCc1cccc(-c2cc(Cl)cc(Cl)c2Cl)c1Cl. The third kappa shape index (κ3) is 2.61. The van der Waals surface area contributed by atoms with Gasteiger partial charge in [-0.3, -0.25) is 0 Å². The van der Waals surface area contributed by atoms with Gasteiger partial charge in [-0.2, -0.15) is 0 Å². The molecule has 0 spiro atoms. The van der Waals surface area contributed by atoms with Gasteiger partial charge in [-0.05, 0) is 17.7 Å². The Bertz CT molecular complexity index is 596. The van der Waals surface area contributed by atoms with Crippen LogP contribution >= 0.6 is 46.4 Å². The highest BCUT2D eigenvalue weighted by atomic mass is 35.5. The van der Waals surface area contributed by atoms with E-state index in [1.807, 2.05) is 18.2 Å². The van der Waals surface area contributed by atoms with Gasteiger partial charge in [-0.25, -0.2) is 0 Å². The van der Waals surface area contributed by atoms with Gasteiger partial charge in [0.2, 0.25) is 0 Å². The van der Waals surface area contributed by atoms with Crippen LogP contribution < -0.4 is 5.73 Å². The van der Waals surface area contributed by atoms with Crippen molar-refractivity contribution in [3.05, 3.63) is 56.0 Å². The summed E-state index contributed by atoms with van der Waals surface area (Å²) in [5.74, 6) is 0. The highest BCUT2D eigenvalue weighted by Crippen LogP contribution is 2.40. The van der Waals surface area contributed by atoms with Crippen molar-refractivity contribution in [1.29, 1.82) is 0 Å². The molecule has 0 saturated heterocycles. The zero-order valence-electron chi connectivity index (χ0n) is 9.18. The summed E-state index contributed by atoms with van der Waals surface area (Å²) in [6.07, 6.45) is 0. The number of hydrogen-bond acceptors (Lipinski definition) is 1. The Morgan fingerprint density at radius 3 is 2.28 bits per heavy atom. The van der Waals surface area contributed by atoms with Gasteiger partial charge in [-0.1, -0.05) is 64.6 Å². The summed E-state index contributed by atoms with van der Waals surface area (Å²) in [7, 11) is 0. The average Bonchev–Trinajstić information content (AvgIpc) is 2.34. The lowest BCUT2D eigenvalue weighted by atomic mass is 10.0. The van der Waals surface area contributed by atoms with Crippen molar-refractivity contribution in [1.82, 2.24) is 0 Å². The first-order valence-electron chi connectivity index (χ1n) is 5.17. The topological polar surface area (TPSA) is 26.0 Å². The second-order valence-corrected chi connectivity index (χ2v) is 5.33. The Hall–Kier alpha value is -0.440. The molecule has 0 fully saturated rings. The van der Waals surface area contributed by atoms with Crippen molar-refractivity contribution in [3.63, 3.8) is 0 Å². The van der Waals surface area contributed by atoms with Crippen molar-refractivity contribution >= 4 is 46.4 Å². The highest BCUT2D eigenvalue weighted by Gasteiger charge is 2.13. The minimum atomic E-state index is 0.360. The summed E-state index contributed by atoms with van der Waals surface area (Å²) in [4.78, 5) is 0. The van der Waals surface area contributed by atoms with E-state index in [1.165, 1.54) is 0 Å². The highest BCUT2D eigenvalue weighted by molar-refractivity contribution is 6.45. The van der Waals surface area contributed by atoms with Crippen LogP contribution in [0.3, 0.4) is 0 Å². The second-order valence-electron chi connectivity index (χ2n) is 3.73. The molecule has 94 valence electrons. The molecule has 2 rings (SSSR count). The Morgan fingerprint density at radius 2 is 1.61 bits per heavy atom. The predicted octanol–water partition coefficient (Wildman–Crippen LogP) is 5.43. The third-order valence-corrected chi connectivity index (χ3v) is 4.05. The lowest BCUT2D eigenvalue weighted by molar-refractivity contribution is 1.07. The molecule has 18 heavy (non-hydrogen) atoms. The number of rotatable bonds is 2. The van der Waals surface area contributed by atoms with Crippen LogP contribution in [0.5, 0.6) is 0 Å². The molecule has 0 saturated carbocycles. The Morgan fingerprint density at radius 1 is 0.889 bits per heavy atom. The minimum Gasteiger partial charge on any atom is -0.326 e. The van der Waals surface area contributed by atoms with E-state index in [0.717, 1.165) is 11.1 Å². The Balaban J connectivity index is 2.69. The van der Waals surface area contributed by atoms with E-state index in [-0.39, 0.29) is 0 Å². The van der Waals surface area contributed by atoms with Crippen LogP contribution in [0.2, 0.25) is 20.1 Å². The van der Waals surface area contributed by atoms with E-state index in [0.29, 0.717) is 32.2 Å². The molecule has 0 unspecified atom stereocenters. The molecule has 2 N–H and O–H groups in total. The number of hydrogen-bond donors (Lipinski definition) is 1. The molecule has 0 aliphatic carbocycles. The van der Waals surface area contributed by atoms with E-state index in [1.54, 1.807) is 12.1 Å². The molecule has 1 nitrogen and oxygen atoms in total. The number of halogens is 4. The molecule has 0 heterocycles. The van der Waals surface area contributed by atoms with Crippen LogP contribution in [0.1, 0.15) is 5.56 Å². The average molecular weight is 321 g/mol. The fraction of sp³-hybridized carbons (Fsp3) is 0.0769. The molecule has 0 aromatic heterocycles. The van der Waals surface area contributed by atoms with Gasteiger partial charge in [-0.15, -0.1) is 0 Å². The van der Waals surface area contributed by atoms with E-state index < -0.39 is 0 Å². The maximum atomic E-state index is 6.30. The standard InChI is InChI=1S/C13H9Cl4N/c14-8-4-10(13(17)11(15)5-8)9-3-1-2-7(6-18)12(9)16/h1-5H,6,18H2. The molecule has 0 atom stereocenters. The zero-order chi connectivity index (χ0) is 13.3. The molecule has 0 radical (unpaired) electrons. The molecule has 0 aliphatic rings. The summed E-state index contributed by atoms with van der Waals surface area (Å²) in [6, 6.07) is 8.92. The normalized spacial score (nSPS) is 10.7. The maximum absolute atomic E-state index is 6.30. The molecule has 5 heteroatoms. The summed E-state index contributed by atoms with van der Waals surface area (Å²) in [5.41, 5.74) is 7.95. The van der Waals surface area contributed by atoms with E-state index in [4.69, 9.17) is 52.1 Å². The first kappa shape index (κ1) is 14.0. The quantitative estimate of drug-likeness (QED) is 0.734. The van der Waals surface area contributed by atoms with Gasteiger partial charge < -0.3 is 5.73 Å². The summed E-state index contributed by atoms with van der Waals surface area (Å²) in [5, 5.41) is 1.90. The van der Waals surface area contributed by atoms with Gasteiger partial charge in [0, 0.05) is 22.7 Å². The largest absolute Gasteiger partial charge is 0.326 e. The van der Waals surface area contributed by atoms with Gasteiger partial charge in [0.25, 0.3) is 0 Å². The third-order valence-electron chi connectivity index (χ3n) is 2.58. The lowest BCUT2D eigenvalue weighted by Gasteiger charge is -2.11. The molecule has 0 bridgehead atoms. The zero-order valence-corrected chi connectivity index (χ0v) is 12.2. The van der Waals surface area contributed by atoms with Gasteiger partial charge >= 0.3 is 0 Å². The van der Waals surface area contributed by atoms with Crippen molar-refractivity contribution in [2.24, 2.45) is 5.73 Å². The van der Waals surface area contributed by atoms with Crippen molar-refractivity contribution in [2.45, 2.75) is 6.54 Å². The van der Waals surface area contributed by atoms with Crippen molar-refractivity contribution < 1.29 is 0 Å². The fourth-order valence-corrected chi connectivity index (χ4v) is 2.71. The number of nitrogens with two attached hydrogens (primary N) is 1. The van der Waals surface area contributed by atoms with Gasteiger partial charge in [0.05, 0.1) is 15.1 Å². The van der Waals surface area contributed by atoms with Crippen LogP contribution in [0.25, 0.3) is 11.1 Å². The van der Waals surface area contributed by atoms with Crippen LogP contribution in [0.15, 0.2) is 30.3 Å². The lowest BCUT2D eigenvalue weighted by Crippen LogP contribution is -1.98. The van der Waals surface area contributed by atoms with Crippen LogP contribution in [0, 0.1) is 0 Å². The van der Waals surface area contributed by atoms with E-state index >= 15 is 0 Å². The first-order valence-corrected chi connectivity index (χ1v) is 6.68. The van der Waals surface area contributed by atoms with Crippen LogP contribution in [-0.2, 0) is 6.54 Å². The van der Waals surface area contributed by atoms with Crippen molar-refractivity contribution in [3.8, 4) is 11.1 Å². The molecule has 2 aromatic carbocycles. The van der Waals surface area contributed by atoms with E-state index in [2.05, 4.69) is 0 Å². The molecule has 0 amide bonds. The maximum Gasteiger partial charge on any atom is 0.0672 e. The van der Waals surface area contributed by atoms with Crippen LogP contribution in [-0.4, -0.2) is 0 Å². The molecular weight excluding hydrogens is 312 g/mol. The van der Waals surface area contributed by atoms with Gasteiger partial charge in [0.15, 0.2) is 0 Å². The van der Waals surface area contributed by atoms with Gasteiger partial charge in [0.1, 0.15) is 0 Å². The summed E-state index contributed by atoms with van der Waals surface area (Å²) < 4.78 is 0. The first-order chi connectivity index (χ1) is 8.54. The Labute approximate surface area is 125 Å². The molecular formula is C13H9Cl4N. The molecule has 0 aliphatic heterocycles. The minimum absolute atomic E-state index is 0.360. The second kappa shape index (κ2) is 5.68. The van der Waals surface area contributed by atoms with E-state index in [9.17, 15) is 0 Å². The summed E-state index contributed by atoms with van der Waals surface area (Å²) in [6.45, 7) is 0.360. The van der Waals surface area contributed by atoms with Crippen LogP contribution in [0.4, 0.5) is 0 Å². The fourth-order valence-electron chi connectivity index (χ4n) is 1.70.